The number of aromatic hydroxyl groups is 1. The molecule has 0 aliphatic rings. The van der Waals surface area contributed by atoms with Crippen molar-refractivity contribution in [1.82, 2.24) is 0 Å². The molecule has 1 radical (unpaired) electrons. The molecule has 0 spiro atoms. The lowest BCUT2D eigenvalue weighted by molar-refractivity contribution is 0.475. The quantitative estimate of drug-likeness (QED) is 0.679. The molecule has 0 atom stereocenters. The van der Waals surface area contributed by atoms with E-state index < -0.39 is 0 Å². The van der Waals surface area contributed by atoms with Gasteiger partial charge in [0.1, 0.15) is 5.75 Å². The number of unbranched alkanes of at least 4 members (excludes halogenated alkanes) is 2. The Hall–Kier alpha value is -1.18. The monoisotopic (exact) mass is 178 g/mol. The van der Waals surface area contributed by atoms with Crippen molar-refractivity contribution in [1.29, 1.82) is 0 Å². The molecule has 2 heteroatoms. The molecule has 0 unspecified atom stereocenters. The molecule has 1 aromatic rings. The molecule has 2 nitrogen and oxygen atoms in total. The Morgan fingerprint density at radius 3 is 2.85 bits per heavy atom. The van der Waals surface area contributed by atoms with E-state index in [9.17, 15) is 0 Å². The second-order valence-electron chi connectivity index (χ2n) is 3.04. The first-order valence-electron chi connectivity index (χ1n) is 4.65. The molecule has 0 saturated carbocycles. The Kier molecular flexibility index (Phi) is 4.16. The first kappa shape index (κ1) is 9.90. The number of rotatable bonds is 5. The molecular formula is C11H16NO. The Bertz CT molecular complexity index is 248. The van der Waals surface area contributed by atoms with E-state index in [-0.39, 0.29) is 0 Å². The first-order valence-corrected chi connectivity index (χ1v) is 4.65. The second-order valence-corrected chi connectivity index (χ2v) is 3.04. The third-order valence-electron chi connectivity index (χ3n) is 1.85. The molecule has 0 aliphatic carbocycles. The van der Waals surface area contributed by atoms with Crippen molar-refractivity contribution in [2.45, 2.75) is 19.3 Å². The minimum absolute atomic E-state index is 0.308. The number of anilines is 1. The molecular weight excluding hydrogens is 162 g/mol. The van der Waals surface area contributed by atoms with Crippen molar-refractivity contribution >= 4 is 5.69 Å². The van der Waals surface area contributed by atoms with Gasteiger partial charge in [-0.05, 0) is 18.6 Å². The maximum absolute atomic E-state index is 9.17. The van der Waals surface area contributed by atoms with Crippen LogP contribution in [-0.2, 0) is 0 Å². The van der Waals surface area contributed by atoms with Gasteiger partial charge in [0.05, 0.1) is 0 Å². The third-order valence-corrected chi connectivity index (χ3v) is 1.85. The highest BCUT2D eigenvalue weighted by molar-refractivity contribution is 5.47. The van der Waals surface area contributed by atoms with E-state index in [0.29, 0.717) is 5.75 Å². The van der Waals surface area contributed by atoms with E-state index >= 15 is 0 Å². The molecule has 71 valence electrons. The molecule has 0 heterocycles. The number of hydrogen-bond acceptors (Lipinski definition) is 2. The SMILES string of the molecule is [CH2]CCCCNc1cccc(O)c1. The van der Waals surface area contributed by atoms with Crippen LogP contribution in [0.2, 0.25) is 0 Å². The van der Waals surface area contributed by atoms with Gasteiger partial charge in [0.2, 0.25) is 0 Å². The van der Waals surface area contributed by atoms with Crippen LogP contribution in [0, 0.1) is 6.92 Å². The van der Waals surface area contributed by atoms with Crippen molar-refractivity contribution in [3.05, 3.63) is 31.2 Å². The summed E-state index contributed by atoms with van der Waals surface area (Å²) in [6, 6.07) is 7.17. The summed E-state index contributed by atoms with van der Waals surface area (Å²) in [4.78, 5) is 0. The van der Waals surface area contributed by atoms with Crippen molar-refractivity contribution in [2.75, 3.05) is 11.9 Å². The van der Waals surface area contributed by atoms with E-state index in [0.717, 1.165) is 31.5 Å². The Morgan fingerprint density at radius 2 is 2.15 bits per heavy atom. The fraction of sp³-hybridized carbons (Fsp3) is 0.364. The minimum atomic E-state index is 0.308. The summed E-state index contributed by atoms with van der Waals surface area (Å²) >= 11 is 0. The Balaban J connectivity index is 2.28. The van der Waals surface area contributed by atoms with E-state index in [1.54, 1.807) is 12.1 Å². The van der Waals surface area contributed by atoms with Gasteiger partial charge in [0.25, 0.3) is 0 Å². The maximum atomic E-state index is 9.17. The molecule has 1 aromatic carbocycles. The van der Waals surface area contributed by atoms with Gasteiger partial charge in [0.15, 0.2) is 0 Å². The molecule has 13 heavy (non-hydrogen) atoms. The normalized spacial score (nSPS) is 9.92. The highest BCUT2D eigenvalue weighted by Gasteiger charge is 1.92. The van der Waals surface area contributed by atoms with Gasteiger partial charge in [-0.25, -0.2) is 0 Å². The molecule has 0 bridgehead atoms. The van der Waals surface area contributed by atoms with Crippen LogP contribution >= 0.6 is 0 Å². The van der Waals surface area contributed by atoms with E-state index in [1.807, 2.05) is 12.1 Å². The van der Waals surface area contributed by atoms with Crippen molar-refractivity contribution in [3.8, 4) is 5.75 Å². The number of phenolic OH excluding ortho intramolecular Hbond substituents is 1. The fourth-order valence-corrected chi connectivity index (χ4v) is 1.15. The summed E-state index contributed by atoms with van der Waals surface area (Å²) in [6.07, 6.45) is 3.26. The highest BCUT2D eigenvalue weighted by atomic mass is 16.3. The van der Waals surface area contributed by atoms with E-state index in [1.165, 1.54) is 0 Å². The Morgan fingerprint density at radius 1 is 1.31 bits per heavy atom. The lowest BCUT2D eigenvalue weighted by Crippen LogP contribution is -2.00. The van der Waals surface area contributed by atoms with Gasteiger partial charge in [-0.1, -0.05) is 25.8 Å². The summed E-state index contributed by atoms with van der Waals surface area (Å²) in [6.45, 7) is 4.72. The molecule has 0 aliphatic heterocycles. The molecule has 2 N–H and O–H groups in total. The van der Waals surface area contributed by atoms with Gasteiger partial charge in [-0.3, -0.25) is 0 Å². The van der Waals surface area contributed by atoms with Crippen LogP contribution in [-0.4, -0.2) is 11.7 Å². The van der Waals surface area contributed by atoms with Crippen LogP contribution in [0.5, 0.6) is 5.75 Å². The molecule has 1 rings (SSSR count). The van der Waals surface area contributed by atoms with Gasteiger partial charge in [-0.2, -0.15) is 0 Å². The van der Waals surface area contributed by atoms with Crippen LogP contribution in [0.4, 0.5) is 5.69 Å². The lowest BCUT2D eigenvalue weighted by atomic mass is 10.2. The van der Waals surface area contributed by atoms with Gasteiger partial charge < -0.3 is 10.4 Å². The molecule has 0 fully saturated rings. The zero-order valence-corrected chi connectivity index (χ0v) is 7.79. The predicted molar refractivity (Wildman–Crippen MR) is 55.8 cm³/mol. The zero-order valence-electron chi connectivity index (χ0n) is 7.79. The standard InChI is InChI=1S/C11H16NO/c1-2-3-4-8-12-10-6-5-7-11(13)9-10/h5-7,9,12-13H,1-4,8H2. The van der Waals surface area contributed by atoms with E-state index in [4.69, 9.17) is 5.11 Å². The number of phenols is 1. The fourth-order valence-electron chi connectivity index (χ4n) is 1.15. The highest BCUT2D eigenvalue weighted by Crippen LogP contribution is 2.15. The Labute approximate surface area is 79.6 Å². The van der Waals surface area contributed by atoms with Gasteiger partial charge in [-0.15, -0.1) is 0 Å². The molecule has 0 amide bonds. The van der Waals surface area contributed by atoms with Crippen LogP contribution in [0.25, 0.3) is 0 Å². The molecule has 0 aromatic heterocycles. The molecule has 0 saturated heterocycles. The van der Waals surface area contributed by atoms with E-state index in [2.05, 4.69) is 12.2 Å². The van der Waals surface area contributed by atoms with Crippen molar-refractivity contribution in [3.63, 3.8) is 0 Å². The predicted octanol–water partition coefficient (Wildman–Crippen LogP) is 2.81. The van der Waals surface area contributed by atoms with Crippen molar-refractivity contribution in [2.24, 2.45) is 0 Å². The first-order chi connectivity index (χ1) is 6.33. The second kappa shape index (κ2) is 5.46. The number of hydrogen-bond donors (Lipinski definition) is 2. The lowest BCUT2D eigenvalue weighted by Gasteiger charge is -2.05. The average Bonchev–Trinajstić information content (AvgIpc) is 2.13. The largest absolute Gasteiger partial charge is 0.508 e. The summed E-state index contributed by atoms with van der Waals surface area (Å²) in [5, 5.41) is 12.4. The van der Waals surface area contributed by atoms with Crippen LogP contribution in [0.15, 0.2) is 24.3 Å². The maximum Gasteiger partial charge on any atom is 0.117 e. The summed E-state index contributed by atoms with van der Waals surface area (Å²) in [7, 11) is 0. The number of nitrogens with one attached hydrogen (secondary N) is 1. The zero-order chi connectivity index (χ0) is 9.52. The van der Waals surface area contributed by atoms with Gasteiger partial charge in [0, 0.05) is 18.3 Å². The third kappa shape index (κ3) is 3.83. The smallest absolute Gasteiger partial charge is 0.117 e. The minimum Gasteiger partial charge on any atom is -0.508 e. The van der Waals surface area contributed by atoms with Crippen LogP contribution < -0.4 is 5.32 Å². The van der Waals surface area contributed by atoms with Crippen LogP contribution in [0.3, 0.4) is 0 Å². The summed E-state index contributed by atoms with van der Waals surface area (Å²) < 4.78 is 0. The number of benzene rings is 1. The summed E-state index contributed by atoms with van der Waals surface area (Å²) in [5.41, 5.74) is 0.976. The van der Waals surface area contributed by atoms with Gasteiger partial charge >= 0.3 is 0 Å². The topological polar surface area (TPSA) is 32.3 Å². The van der Waals surface area contributed by atoms with Crippen LogP contribution in [0.1, 0.15) is 19.3 Å². The average molecular weight is 178 g/mol. The van der Waals surface area contributed by atoms with Crippen molar-refractivity contribution < 1.29 is 5.11 Å². The summed E-state index contributed by atoms with van der Waals surface area (Å²) in [5.74, 6) is 0.308.